The fraction of sp³-hybridized carbons (Fsp3) is 0.235. The third-order valence-electron chi connectivity index (χ3n) is 3.30. The second-order valence-electron chi connectivity index (χ2n) is 4.87. The van der Waals surface area contributed by atoms with Gasteiger partial charge < -0.3 is 15.8 Å². The van der Waals surface area contributed by atoms with E-state index in [9.17, 15) is 4.79 Å². The Labute approximate surface area is 124 Å². The smallest absolute Gasteiger partial charge is 0.255 e. The molecule has 1 amide bonds. The van der Waals surface area contributed by atoms with Crippen molar-refractivity contribution in [3.8, 4) is 5.75 Å². The molecule has 0 fully saturated rings. The molecule has 4 heteroatoms. The predicted octanol–water partition coefficient (Wildman–Crippen LogP) is 2.76. The lowest BCUT2D eigenvalue weighted by Crippen LogP contribution is -2.12. The van der Waals surface area contributed by atoms with Crippen molar-refractivity contribution >= 4 is 11.6 Å². The van der Waals surface area contributed by atoms with Gasteiger partial charge >= 0.3 is 0 Å². The van der Waals surface area contributed by atoms with Crippen LogP contribution in [0.1, 0.15) is 21.5 Å². The summed E-state index contributed by atoms with van der Waals surface area (Å²) in [5, 5.41) is 2.88. The topological polar surface area (TPSA) is 64.3 Å². The van der Waals surface area contributed by atoms with E-state index >= 15 is 0 Å². The highest BCUT2D eigenvalue weighted by molar-refractivity contribution is 6.04. The first-order valence-electron chi connectivity index (χ1n) is 6.89. The summed E-state index contributed by atoms with van der Waals surface area (Å²) in [5.41, 5.74) is 9.01. The maximum absolute atomic E-state index is 12.2. The number of ether oxygens (including phenoxy) is 1. The standard InChI is InChI=1S/C17H20N2O2/c1-12-11-15(7-8-16(12)21-2)19-17(20)14-5-3-13(4-6-14)9-10-18/h3-8,11H,9-10,18H2,1-2H3,(H,19,20). The van der Waals surface area contributed by atoms with Gasteiger partial charge in [0.2, 0.25) is 0 Å². The lowest BCUT2D eigenvalue weighted by molar-refractivity contribution is 0.102. The number of aryl methyl sites for hydroxylation is 1. The Kier molecular flexibility index (Phi) is 4.95. The molecule has 0 aromatic heterocycles. The van der Waals surface area contributed by atoms with Crippen LogP contribution in [0.25, 0.3) is 0 Å². The van der Waals surface area contributed by atoms with Crippen molar-refractivity contribution in [2.75, 3.05) is 19.0 Å². The van der Waals surface area contributed by atoms with Crippen molar-refractivity contribution in [3.05, 3.63) is 59.2 Å². The van der Waals surface area contributed by atoms with Crippen molar-refractivity contribution in [3.63, 3.8) is 0 Å². The molecule has 0 bridgehead atoms. The van der Waals surface area contributed by atoms with Gasteiger partial charge in [0, 0.05) is 11.3 Å². The van der Waals surface area contributed by atoms with Crippen LogP contribution in [0.5, 0.6) is 5.75 Å². The van der Waals surface area contributed by atoms with Gasteiger partial charge in [-0.05, 0) is 61.3 Å². The number of amides is 1. The van der Waals surface area contributed by atoms with Gasteiger partial charge in [-0.25, -0.2) is 0 Å². The number of rotatable bonds is 5. The van der Waals surface area contributed by atoms with Gasteiger partial charge in [-0.3, -0.25) is 4.79 Å². The van der Waals surface area contributed by atoms with Crippen LogP contribution in [0.15, 0.2) is 42.5 Å². The zero-order valence-electron chi connectivity index (χ0n) is 12.3. The maximum atomic E-state index is 12.2. The molecule has 0 heterocycles. The van der Waals surface area contributed by atoms with Crippen molar-refractivity contribution in [1.82, 2.24) is 0 Å². The average molecular weight is 284 g/mol. The van der Waals surface area contributed by atoms with Crippen molar-refractivity contribution in [2.45, 2.75) is 13.3 Å². The zero-order valence-corrected chi connectivity index (χ0v) is 12.3. The minimum atomic E-state index is -0.126. The normalized spacial score (nSPS) is 10.2. The summed E-state index contributed by atoms with van der Waals surface area (Å²) in [6, 6.07) is 13.1. The van der Waals surface area contributed by atoms with E-state index in [0.717, 1.165) is 29.0 Å². The first-order chi connectivity index (χ1) is 10.1. The van der Waals surface area contributed by atoms with Crippen LogP contribution in [0, 0.1) is 6.92 Å². The fourth-order valence-corrected chi connectivity index (χ4v) is 2.15. The Morgan fingerprint density at radius 2 is 1.90 bits per heavy atom. The Hall–Kier alpha value is -2.33. The molecule has 0 spiro atoms. The van der Waals surface area contributed by atoms with Gasteiger partial charge in [-0.2, -0.15) is 0 Å². The van der Waals surface area contributed by atoms with Gasteiger partial charge in [0.25, 0.3) is 5.91 Å². The number of hydrogen-bond donors (Lipinski definition) is 2. The second-order valence-corrected chi connectivity index (χ2v) is 4.87. The van der Waals surface area contributed by atoms with E-state index in [1.807, 2.05) is 49.4 Å². The largest absolute Gasteiger partial charge is 0.496 e. The summed E-state index contributed by atoms with van der Waals surface area (Å²) in [7, 11) is 1.63. The van der Waals surface area contributed by atoms with Crippen molar-refractivity contribution < 1.29 is 9.53 Å². The molecule has 2 aromatic carbocycles. The number of carbonyl (C=O) groups is 1. The van der Waals surface area contributed by atoms with Gasteiger partial charge in [-0.1, -0.05) is 12.1 Å². The average Bonchev–Trinajstić information content (AvgIpc) is 2.48. The number of carbonyl (C=O) groups excluding carboxylic acids is 1. The van der Waals surface area contributed by atoms with Crippen LogP contribution in [-0.2, 0) is 6.42 Å². The molecule has 2 aromatic rings. The van der Waals surface area contributed by atoms with Gasteiger partial charge in [0.15, 0.2) is 0 Å². The molecule has 110 valence electrons. The van der Waals surface area contributed by atoms with Crippen LogP contribution >= 0.6 is 0 Å². The summed E-state index contributed by atoms with van der Waals surface area (Å²) in [4.78, 5) is 12.2. The number of nitrogens with two attached hydrogens (primary N) is 1. The first kappa shape index (κ1) is 15.1. The number of methoxy groups -OCH3 is 1. The highest BCUT2D eigenvalue weighted by atomic mass is 16.5. The molecule has 0 aliphatic rings. The van der Waals surface area contributed by atoms with Crippen LogP contribution in [0.3, 0.4) is 0 Å². The summed E-state index contributed by atoms with van der Waals surface area (Å²) in [6.07, 6.45) is 0.819. The summed E-state index contributed by atoms with van der Waals surface area (Å²) in [5.74, 6) is 0.679. The number of anilines is 1. The number of hydrogen-bond acceptors (Lipinski definition) is 3. The summed E-state index contributed by atoms with van der Waals surface area (Å²) in [6.45, 7) is 2.55. The number of benzene rings is 2. The van der Waals surface area contributed by atoms with Gasteiger partial charge in [0.05, 0.1) is 7.11 Å². The van der Waals surface area contributed by atoms with Crippen LogP contribution in [0.4, 0.5) is 5.69 Å². The Balaban J connectivity index is 2.08. The molecular weight excluding hydrogens is 264 g/mol. The fourth-order valence-electron chi connectivity index (χ4n) is 2.15. The molecule has 0 radical (unpaired) electrons. The van der Waals surface area contributed by atoms with E-state index in [1.165, 1.54) is 0 Å². The van der Waals surface area contributed by atoms with Gasteiger partial charge in [-0.15, -0.1) is 0 Å². The molecule has 2 rings (SSSR count). The van der Waals surface area contributed by atoms with Crippen LogP contribution < -0.4 is 15.8 Å². The lowest BCUT2D eigenvalue weighted by atomic mass is 10.1. The highest BCUT2D eigenvalue weighted by Gasteiger charge is 2.07. The van der Waals surface area contributed by atoms with Crippen LogP contribution in [0.2, 0.25) is 0 Å². The monoisotopic (exact) mass is 284 g/mol. The zero-order chi connectivity index (χ0) is 15.2. The predicted molar refractivity (Wildman–Crippen MR) is 84.9 cm³/mol. The highest BCUT2D eigenvalue weighted by Crippen LogP contribution is 2.21. The van der Waals surface area contributed by atoms with E-state index in [4.69, 9.17) is 10.5 Å². The molecule has 0 saturated carbocycles. The van der Waals surface area contributed by atoms with E-state index in [2.05, 4.69) is 5.32 Å². The quantitative estimate of drug-likeness (QED) is 0.887. The molecule has 3 N–H and O–H groups in total. The molecule has 21 heavy (non-hydrogen) atoms. The minimum Gasteiger partial charge on any atom is -0.496 e. The van der Waals surface area contributed by atoms with Crippen LogP contribution in [-0.4, -0.2) is 19.6 Å². The van der Waals surface area contributed by atoms with Gasteiger partial charge in [0.1, 0.15) is 5.75 Å². The third kappa shape index (κ3) is 3.83. The summed E-state index contributed by atoms with van der Waals surface area (Å²) < 4.78 is 5.20. The first-order valence-corrected chi connectivity index (χ1v) is 6.89. The van der Waals surface area contributed by atoms with E-state index in [-0.39, 0.29) is 5.91 Å². The van der Waals surface area contributed by atoms with E-state index in [0.29, 0.717) is 12.1 Å². The maximum Gasteiger partial charge on any atom is 0.255 e. The Morgan fingerprint density at radius 3 is 2.48 bits per heavy atom. The molecule has 0 atom stereocenters. The van der Waals surface area contributed by atoms with Crippen molar-refractivity contribution in [1.29, 1.82) is 0 Å². The molecule has 0 saturated heterocycles. The van der Waals surface area contributed by atoms with E-state index in [1.54, 1.807) is 7.11 Å². The Bertz CT molecular complexity index is 621. The van der Waals surface area contributed by atoms with Crippen molar-refractivity contribution in [2.24, 2.45) is 5.73 Å². The second kappa shape index (κ2) is 6.90. The third-order valence-corrected chi connectivity index (χ3v) is 3.30. The molecule has 0 unspecified atom stereocenters. The Morgan fingerprint density at radius 1 is 1.19 bits per heavy atom. The lowest BCUT2D eigenvalue weighted by Gasteiger charge is -2.09. The van der Waals surface area contributed by atoms with E-state index < -0.39 is 0 Å². The minimum absolute atomic E-state index is 0.126. The SMILES string of the molecule is COc1ccc(NC(=O)c2ccc(CCN)cc2)cc1C. The molecule has 0 aliphatic heterocycles. The molecule has 0 aliphatic carbocycles. The summed E-state index contributed by atoms with van der Waals surface area (Å²) >= 11 is 0. The molecular formula is C17H20N2O2. The molecule has 4 nitrogen and oxygen atoms in total. The number of nitrogens with one attached hydrogen (secondary N) is 1.